The Morgan fingerprint density at radius 2 is 1.86 bits per heavy atom. The fourth-order valence-corrected chi connectivity index (χ4v) is 4.40. The van der Waals surface area contributed by atoms with Gasteiger partial charge in [-0.1, -0.05) is 12.1 Å². The molecule has 3 atom stereocenters. The third-order valence-corrected chi connectivity index (χ3v) is 5.72. The van der Waals surface area contributed by atoms with Gasteiger partial charge in [0.25, 0.3) is 0 Å². The van der Waals surface area contributed by atoms with Gasteiger partial charge in [0.2, 0.25) is 0 Å². The van der Waals surface area contributed by atoms with Crippen LogP contribution in [0.25, 0.3) is 0 Å². The van der Waals surface area contributed by atoms with E-state index < -0.39 is 0 Å². The number of benzene rings is 1. The highest BCUT2D eigenvalue weighted by Gasteiger charge is 2.26. The first-order valence-electron chi connectivity index (χ1n) is 10.6. The van der Waals surface area contributed by atoms with Crippen molar-refractivity contribution in [1.82, 2.24) is 15.1 Å². The average molecular weight is 516 g/mol. The monoisotopic (exact) mass is 516 g/mol. The normalized spacial score (nSPS) is 25.6. The van der Waals surface area contributed by atoms with Crippen LogP contribution in [0.1, 0.15) is 38.2 Å². The standard InChI is InChI=1S/C22H36N4O2.HI/c1-17-14-25(15-18(2)28-17)12-5-11-24-22(23-3)26-13-10-20(16-26)19-6-8-21(27-4)9-7-19;/h6-9,17-18,20H,5,10-16H2,1-4H3,(H,23,24);1H. The van der Waals surface area contributed by atoms with Crippen LogP contribution in [-0.4, -0.2) is 81.4 Å². The SMILES string of the molecule is CN=C(NCCCN1CC(C)OC(C)C1)N1CCC(c2ccc(OC)cc2)C1.I. The number of nitrogens with one attached hydrogen (secondary N) is 1. The minimum atomic E-state index is 0. The molecule has 0 bridgehead atoms. The number of likely N-dealkylation sites (tertiary alicyclic amines) is 1. The summed E-state index contributed by atoms with van der Waals surface area (Å²) in [4.78, 5) is 9.41. The van der Waals surface area contributed by atoms with Crippen LogP contribution in [0.2, 0.25) is 0 Å². The molecule has 0 aromatic heterocycles. The first-order valence-corrected chi connectivity index (χ1v) is 10.6. The third kappa shape index (κ3) is 7.00. The van der Waals surface area contributed by atoms with Crippen molar-refractivity contribution in [2.24, 2.45) is 4.99 Å². The maximum absolute atomic E-state index is 5.82. The van der Waals surface area contributed by atoms with Gasteiger partial charge in [-0.2, -0.15) is 0 Å². The molecule has 1 N–H and O–H groups in total. The molecule has 2 heterocycles. The second-order valence-corrected chi connectivity index (χ2v) is 8.05. The Morgan fingerprint density at radius 1 is 1.17 bits per heavy atom. The molecule has 0 aliphatic carbocycles. The topological polar surface area (TPSA) is 49.3 Å². The zero-order valence-electron chi connectivity index (χ0n) is 18.3. The average Bonchev–Trinajstić information content (AvgIpc) is 3.17. The molecular weight excluding hydrogens is 479 g/mol. The zero-order valence-corrected chi connectivity index (χ0v) is 20.6. The summed E-state index contributed by atoms with van der Waals surface area (Å²) < 4.78 is 11.1. The lowest BCUT2D eigenvalue weighted by Gasteiger charge is -2.35. The van der Waals surface area contributed by atoms with Gasteiger partial charge in [-0.15, -0.1) is 24.0 Å². The van der Waals surface area contributed by atoms with Crippen molar-refractivity contribution in [3.05, 3.63) is 29.8 Å². The molecule has 3 unspecified atom stereocenters. The highest BCUT2D eigenvalue weighted by Crippen LogP contribution is 2.28. The molecule has 7 heteroatoms. The Morgan fingerprint density at radius 3 is 2.48 bits per heavy atom. The summed E-state index contributed by atoms with van der Waals surface area (Å²) in [6, 6.07) is 8.48. The van der Waals surface area contributed by atoms with Crippen molar-refractivity contribution in [3.8, 4) is 5.75 Å². The number of morpholine rings is 1. The Hall–Kier alpha value is -1.06. The van der Waals surface area contributed by atoms with E-state index in [0.717, 1.165) is 63.8 Å². The minimum Gasteiger partial charge on any atom is -0.497 e. The molecule has 2 saturated heterocycles. The van der Waals surface area contributed by atoms with Crippen LogP contribution in [0.5, 0.6) is 5.75 Å². The van der Waals surface area contributed by atoms with Crippen molar-refractivity contribution in [2.75, 3.05) is 53.4 Å². The van der Waals surface area contributed by atoms with Gasteiger partial charge in [0.1, 0.15) is 5.75 Å². The first-order chi connectivity index (χ1) is 13.6. The first kappa shape index (κ1) is 24.2. The van der Waals surface area contributed by atoms with Crippen LogP contribution < -0.4 is 10.1 Å². The van der Waals surface area contributed by atoms with Crippen LogP contribution in [0.3, 0.4) is 0 Å². The van der Waals surface area contributed by atoms with Gasteiger partial charge in [0, 0.05) is 52.2 Å². The number of hydrogen-bond donors (Lipinski definition) is 1. The van der Waals surface area contributed by atoms with E-state index >= 15 is 0 Å². The van der Waals surface area contributed by atoms with Crippen molar-refractivity contribution in [3.63, 3.8) is 0 Å². The number of aliphatic imine (C=N–C) groups is 1. The van der Waals surface area contributed by atoms with Gasteiger partial charge in [-0.3, -0.25) is 9.89 Å². The summed E-state index contributed by atoms with van der Waals surface area (Å²) in [5, 5.41) is 3.56. The molecule has 0 spiro atoms. The summed E-state index contributed by atoms with van der Waals surface area (Å²) in [5.74, 6) is 2.50. The molecule has 6 nitrogen and oxygen atoms in total. The molecule has 2 aliphatic heterocycles. The molecule has 29 heavy (non-hydrogen) atoms. The van der Waals surface area contributed by atoms with E-state index in [4.69, 9.17) is 9.47 Å². The number of nitrogens with zero attached hydrogens (tertiary/aromatic N) is 3. The Bertz CT molecular complexity index is 630. The quantitative estimate of drug-likeness (QED) is 0.273. The van der Waals surface area contributed by atoms with Crippen LogP contribution in [0.4, 0.5) is 0 Å². The molecule has 0 radical (unpaired) electrons. The number of rotatable bonds is 6. The van der Waals surface area contributed by atoms with Crippen LogP contribution >= 0.6 is 24.0 Å². The van der Waals surface area contributed by atoms with Crippen LogP contribution in [-0.2, 0) is 4.74 Å². The van der Waals surface area contributed by atoms with Crippen LogP contribution in [0, 0.1) is 0 Å². The Labute approximate surface area is 193 Å². The van der Waals surface area contributed by atoms with Crippen LogP contribution in [0.15, 0.2) is 29.3 Å². The molecule has 164 valence electrons. The van der Waals surface area contributed by atoms with Gasteiger partial charge in [0.15, 0.2) is 5.96 Å². The number of guanidine groups is 1. The summed E-state index contributed by atoms with van der Waals surface area (Å²) in [5.41, 5.74) is 1.38. The van der Waals surface area contributed by atoms with Crippen molar-refractivity contribution < 1.29 is 9.47 Å². The zero-order chi connectivity index (χ0) is 19.9. The lowest BCUT2D eigenvalue weighted by Crippen LogP contribution is -2.46. The fourth-order valence-electron chi connectivity index (χ4n) is 4.40. The predicted octanol–water partition coefficient (Wildman–Crippen LogP) is 3.18. The fraction of sp³-hybridized carbons (Fsp3) is 0.682. The highest BCUT2D eigenvalue weighted by atomic mass is 127. The summed E-state index contributed by atoms with van der Waals surface area (Å²) >= 11 is 0. The van der Waals surface area contributed by atoms with Gasteiger partial charge in [-0.25, -0.2) is 0 Å². The van der Waals surface area contributed by atoms with E-state index in [0.29, 0.717) is 18.1 Å². The predicted molar refractivity (Wildman–Crippen MR) is 130 cm³/mol. The molecule has 0 amide bonds. The van der Waals surface area contributed by atoms with E-state index in [1.165, 1.54) is 5.56 Å². The van der Waals surface area contributed by atoms with Gasteiger partial charge in [-0.05, 0) is 44.4 Å². The largest absolute Gasteiger partial charge is 0.497 e. The van der Waals surface area contributed by atoms with E-state index in [-0.39, 0.29) is 24.0 Å². The van der Waals surface area contributed by atoms with Gasteiger partial charge in [0.05, 0.1) is 19.3 Å². The van der Waals surface area contributed by atoms with E-state index in [1.54, 1.807) is 7.11 Å². The molecule has 2 fully saturated rings. The molecule has 2 aliphatic rings. The smallest absolute Gasteiger partial charge is 0.193 e. The third-order valence-electron chi connectivity index (χ3n) is 5.72. The van der Waals surface area contributed by atoms with Gasteiger partial charge < -0.3 is 19.7 Å². The van der Waals surface area contributed by atoms with Crippen molar-refractivity contribution in [2.45, 2.75) is 44.8 Å². The number of ether oxygens (including phenoxy) is 2. The molecule has 0 saturated carbocycles. The summed E-state index contributed by atoms with van der Waals surface area (Å²) in [6.07, 6.45) is 2.96. The maximum Gasteiger partial charge on any atom is 0.193 e. The van der Waals surface area contributed by atoms with E-state index in [9.17, 15) is 0 Å². The van der Waals surface area contributed by atoms with E-state index in [1.807, 2.05) is 7.05 Å². The second-order valence-electron chi connectivity index (χ2n) is 8.05. The molecule has 1 aromatic carbocycles. The number of hydrogen-bond acceptors (Lipinski definition) is 4. The maximum atomic E-state index is 5.82. The highest BCUT2D eigenvalue weighted by molar-refractivity contribution is 14.0. The molecule has 3 rings (SSSR count). The number of halogens is 1. The Balaban J connectivity index is 0.00000300. The molecule has 1 aromatic rings. The minimum absolute atomic E-state index is 0. The lowest BCUT2D eigenvalue weighted by molar-refractivity contribution is -0.0679. The number of methoxy groups -OCH3 is 1. The second kappa shape index (κ2) is 12.0. The van der Waals surface area contributed by atoms with Crippen molar-refractivity contribution in [1.29, 1.82) is 0 Å². The molecular formula is C22H37IN4O2. The van der Waals surface area contributed by atoms with Gasteiger partial charge >= 0.3 is 0 Å². The van der Waals surface area contributed by atoms with E-state index in [2.05, 4.69) is 58.2 Å². The summed E-state index contributed by atoms with van der Waals surface area (Å²) in [6.45, 7) is 10.5. The van der Waals surface area contributed by atoms with Crippen molar-refractivity contribution >= 4 is 29.9 Å². The Kier molecular flexibility index (Phi) is 9.98. The summed E-state index contributed by atoms with van der Waals surface area (Å²) in [7, 11) is 3.59. The lowest BCUT2D eigenvalue weighted by atomic mass is 9.98.